The fourth-order valence-corrected chi connectivity index (χ4v) is 1.95. The van der Waals surface area contributed by atoms with Crippen LogP contribution in [-0.4, -0.2) is 12.7 Å². The number of hydrogen-bond acceptors (Lipinski definition) is 4. The molecule has 1 heterocycles. The number of nitriles is 1. The summed E-state index contributed by atoms with van der Waals surface area (Å²) in [6, 6.07) is 9.26. The highest BCUT2D eigenvalue weighted by molar-refractivity contribution is 5.49. The molecule has 0 amide bonds. The summed E-state index contributed by atoms with van der Waals surface area (Å²) < 4.78 is 5.50. The molecule has 0 bridgehead atoms. The molecule has 1 aliphatic heterocycles. The number of rotatable bonds is 1. The first kappa shape index (κ1) is 10.4. The van der Waals surface area contributed by atoms with Crippen molar-refractivity contribution in [2.75, 3.05) is 6.61 Å². The molecule has 1 aromatic rings. The average Bonchev–Trinajstić information content (AvgIpc) is 2.33. The zero-order valence-electron chi connectivity index (χ0n) is 8.80. The van der Waals surface area contributed by atoms with E-state index >= 15 is 0 Å². The highest BCUT2D eigenvalue weighted by atomic mass is 16.5. The maximum absolute atomic E-state index is 10.5. The molecule has 2 unspecified atom stereocenters. The van der Waals surface area contributed by atoms with Crippen LogP contribution < -0.4 is 4.74 Å². The number of ether oxygens (including phenoxy) is 1. The molecule has 0 aromatic heterocycles. The second-order valence-electron chi connectivity index (χ2n) is 3.79. The summed E-state index contributed by atoms with van der Waals surface area (Å²) in [5, 5.41) is 9.31. The van der Waals surface area contributed by atoms with Crippen LogP contribution in [0.3, 0.4) is 0 Å². The normalized spacial score (nSPS) is 26.9. The number of hydrogen-bond donors (Lipinski definition) is 0. The number of isocyanates is 1. The molecule has 2 rings (SSSR count). The third-order valence-electron chi connectivity index (χ3n) is 2.89. The summed E-state index contributed by atoms with van der Waals surface area (Å²) in [6.07, 6.45) is 1.50. The van der Waals surface area contributed by atoms with Crippen LogP contribution in [0, 0.1) is 17.2 Å². The van der Waals surface area contributed by atoms with Crippen molar-refractivity contribution in [3.8, 4) is 11.8 Å². The van der Waals surface area contributed by atoms with E-state index in [2.05, 4.69) is 11.1 Å². The Hall–Kier alpha value is -2.11. The van der Waals surface area contributed by atoms with Crippen LogP contribution in [-0.2, 0) is 10.3 Å². The lowest BCUT2D eigenvalue weighted by Gasteiger charge is -2.34. The number of para-hydroxylation sites is 1. The second kappa shape index (κ2) is 3.80. The van der Waals surface area contributed by atoms with E-state index in [1.54, 1.807) is 18.2 Å². The molecule has 1 aromatic carbocycles. The van der Waals surface area contributed by atoms with Gasteiger partial charge >= 0.3 is 0 Å². The summed E-state index contributed by atoms with van der Waals surface area (Å²) in [7, 11) is 0. The van der Waals surface area contributed by atoms with Crippen LogP contribution in [0.2, 0.25) is 0 Å². The van der Waals surface area contributed by atoms with E-state index in [1.807, 2.05) is 13.0 Å². The van der Waals surface area contributed by atoms with Crippen LogP contribution >= 0.6 is 0 Å². The zero-order chi connectivity index (χ0) is 11.6. The number of carbonyl (C=O) groups excluding carboxylic acids is 1. The van der Waals surface area contributed by atoms with Crippen molar-refractivity contribution in [3.05, 3.63) is 29.8 Å². The van der Waals surface area contributed by atoms with Gasteiger partial charge in [-0.15, -0.1) is 0 Å². The first-order valence-electron chi connectivity index (χ1n) is 4.97. The third kappa shape index (κ3) is 1.30. The molecule has 0 spiro atoms. The van der Waals surface area contributed by atoms with E-state index in [-0.39, 0.29) is 5.92 Å². The Labute approximate surface area is 93.2 Å². The van der Waals surface area contributed by atoms with Gasteiger partial charge in [0.15, 0.2) is 5.54 Å². The van der Waals surface area contributed by atoms with Gasteiger partial charge in [0.1, 0.15) is 5.75 Å². The number of aliphatic imine (C=N–C) groups is 1. The molecule has 0 aliphatic carbocycles. The van der Waals surface area contributed by atoms with Gasteiger partial charge in [-0.25, -0.2) is 4.79 Å². The van der Waals surface area contributed by atoms with Gasteiger partial charge in [0, 0.05) is 11.5 Å². The van der Waals surface area contributed by atoms with Gasteiger partial charge in [-0.2, -0.15) is 10.3 Å². The Morgan fingerprint density at radius 1 is 1.56 bits per heavy atom. The van der Waals surface area contributed by atoms with E-state index in [0.29, 0.717) is 17.9 Å². The minimum atomic E-state index is -1.16. The predicted molar refractivity (Wildman–Crippen MR) is 56.5 cm³/mol. The topological polar surface area (TPSA) is 62.4 Å². The van der Waals surface area contributed by atoms with Gasteiger partial charge in [0.05, 0.1) is 12.7 Å². The fourth-order valence-electron chi connectivity index (χ4n) is 1.95. The molecule has 0 fully saturated rings. The van der Waals surface area contributed by atoms with E-state index < -0.39 is 5.54 Å². The number of nitrogens with zero attached hydrogens (tertiary/aromatic N) is 2. The van der Waals surface area contributed by atoms with Crippen molar-refractivity contribution in [1.29, 1.82) is 5.26 Å². The molecule has 16 heavy (non-hydrogen) atoms. The van der Waals surface area contributed by atoms with Crippen LogP contribution in [0.4, 0.5) is 0 Å². The lowest BCUT2D eigenvalue weighted by Crippen LogP contribution is -2.38. The number of benzene rings is 1. The molecule has 0 saturated heterocycles. The first-order valence-corrected chi connectivity index (χ1v) is 4.97. The number of fused-ring (bicyclic) bond motifs is 1. The maximum atomic E-state index is 10.5. The maximum Gasteiger partial charge on any atom is 0.236 e. The largest absolute Gasteiger partial charge is 0.493 e. The van der Waals surface area contributed by atoms with Gasteiger partial charge in [-0.05, 0) is 6.07 Å². The summed E-state index contributed by atoms with van der Waals surface area (Å²) in [5.74, 6) is 0.440. The van der Waals surface area contributed by atoms with E-state index in [9.17, 15) is 10.1 Å². The second-order valence-corrected chi connectivity index (χ2v) is 3.79. The fraction of sp³-hybridized carbons (Fsp3) is 0.333. The Morgan fingerprint density at radius 3 is 3.00 bits per heavy atom. The van der Waals surface area contributed by atoms with Gasteiger partial charge in [0.2, 0.25) is 6.08 Å². The van der Waals surface area contributed by atoms with Crippen molar-refractivity contribution in [3.63, 3.8) is 0 Å². The first-order chi connectivity index (χ1) is 7.74. The molecule has 2 atom stereocenters. The Kier molecular flexibility index (Phi) is 2.47. The minimum absolute atomic E-state index is 0.172. The van der Waals surface area contributed by atoms with Gasteiger partial charge < -0.3 is 4.74 Å². The van der Waals surface area contributed by atoms with Crippen molar-refractivity contribution in [1.82, 2.24) is 0 Å². The van der Waals surface area contributed by atoms with Crippen LogP contribution in [0.5, 0.6) is 5.75 Å². The molecule has 80 valence electrons. The lowest BCUT2D eigenvalue weighted by molar-refractivity contribution is 0.177. The quantitative estimate of drug-likeness (QED) is 0.528. The van der Waals surface area contributed by atoms with Crippen molar-refractivity contribution >= 4 is 6.08 Å². The minimum Gasteiger partial charge on any atom is -0.493 e. The highest BCUT2D eigenvalue weighted by Crippen LogP contribution is 2.42. The lowest BCUT2D eigenvalue weighted by atomic mass is 9.79. The molecule has 0 radical (unpaired) electrons. The van der Waals surface area contributed by atoms with Gasteiger partial charge in [-0.3, -0.25) is 0 Å². The highest BCUT2D eigenvalue weighted by Gasteiger charge is 2.44. The molecular formula is C12H10N2O2. The molecule has 1 aliphatic rings. The molecule has 0 N–H and O–H groups in total. The third-order valence-corrected chi connectivity index (χ3v) is 2.89. The van der Waals surface area contributed by atoms with Crippen molar-refractivity contribution in [2.24, 2.45) is 10.9 Å². The molecule has 4 heteroatoms. The Morgan fingerprint density at radius 2 is 2.31 bits per heavy atom. The summed E-state index contributed by atoms with van der Waals surface area (Å²) in [6.45, 7) is 2.20. The summed E-state index contributed by atoms with van der Waals surface area (Å²) in [5.41, 5.74) is -0.518. The average molecular weight is 214 g/mol. The summed E-state index contributed by atoms with van der Waals surface area (Å²) >= 11 is 0. The van der Waals surface area contributed by atoms with Crippen LogP contribution in [0.15, 0.2) is 29.3 Å². The van der Waals surface area contributed by atoms with Crippen molar-refractivity contribution in [2.45, 2.75) is 12.5 Å². The van der Waals surface area contributed by atoms with Gasteiger partial charge in [0.25, 0.3) is 0 Å². The molecule has 0 saturated carbocycles. The summed E-state index contributed by atoms with van der Waals surface area (Å²) in [4.78, 5) is 14.2. The van der Waals surface area contributed by atoms with Crippen LogP contribution in [0.25, 0.3) is 0 Å². The molecular weight excluding hydrogens is 204 g/mol. The molecule has 4 nitrogen and oxygen atoms in total. The van der Waals surface area contributed by atoms with E-state index in [1.165, 1.54) is 6.08 Å². The SMILES string of the molecule is CC1COc2ccccc2C1(C#N)N=C=O. The van der Waals surface area contributed by atoms with E-state index in [4.69, 9.17) is 4.74 Å². The monoisotopic (exact) mass is 214 g/mol. The van der Waals surface area contributed by atoms with E-state index in [0.717, 1.165) is 0 Å². The van der Waals surface area contributed by atoms with Gasteiger partial charge in [-0.1, -0.05) is 25.1 Å². The zero-order valence-corrected chi connectivity index (χ0v) is 8.80. The smallest absolute Gasteiger partial charge is 0.236 e. The van der Waals surface area contributed by atoms with Crippen LogP contribution in [0.1, 0.15) is 12.5 Å². The Bertz CT molecular complexity index is 500. The Balaban J connectivity index is 2.69. The van der Waals surface area contributed by atoms with Crippen molar-refractivity contribution < 1.29 is 9.53 Å². The predicted octanol–water partition coefficient (Wildman–Crippen LogP) is 1.77. The standard InChI is InChI=1S/C12H10N2O2/c1-9-6-16-11-5-3-2-4-10(11)12(9,7-13)14-8-15/h2-5,9H,6H2,1H3.